The Labute approximate surface area is 157 Å². The van der Waals surface area contributed by atoms with Crippen LogP contribution in [0.4, 0.5) is 0 Å². The molecular formula is C23H31NO2. The highest BCUT2D eigenvalue weighted by atomic mass is 16.5. The maximum Gasteiger partial charge on any atom is 0.261 e. The standard InChI is InChI=1S/C23H31NO2/c1-14(2)20-10-8-16(4)13-22(20)26-19(7)23(25)24-18(6)21-11-9-15(3)12-17(21)5/h8-14,18-19H,1-7H3,(H,24,25)/t18-,19+/m1/s1. The molecule has 0 spiro atoms. The fourth-order valence-electron chi connectivity index (χ4n) is 3.18. The molecule has 3 nitrogen and oxygen atoms in total. The largest absolute Gasteiger partial charge is 0.481 e. The molecule has 1 amide bonds. The molecule has 0 saturated carbocycles. The molecule has 3 heteroatoms. The molecule has 0 aliphatic carbocycles. The van der Waals surface area contributed by atoms with E-state index in [-0.39, 0.29) is 11.9 Å². The third kappa shape index (κ3) is 4.87. The molecule has 0 aliphatic heterocycles. The van der Waals surface area contributed by atoms with E-state index in [1.807, 2.05) is 19.9 Å². The lowest BCUT2D eigenvalue weighted by molar-refractivity contribution is -0.127. The Balaban J connectivity index is 2.09. The first-order valence-electron chi connectivity index (χ1n) is 9.33. The Morgan fingerprint density at radius 1 is 0.885 bits per heavy atom. The Bertz CT molecular complexity index is 780. The second kappa shape index (κ2) is 8.39. The number of benzene rings is 2. The predicted octanol–water partition coefficient (Wildman–Crippen LogP) is 5.38. The van der Waals surface area contributed by atoms with Gasteiger partial charge in [0.1, 0.15) is 5.75 Å². The van der Waals surface area contributed by atoms with Crippen molar-refractivity contribution in [3.8, 4) is 5.75 Å². The molecule has 0 radical (unpaired) electrons. The molecule has 1 N–H and O–H groups in total. The predicted molar refractivity (Wildman–Crippen MR) is 108 cm³/mol. The van der Waals surface area contributed by atoms with Crippen LogP contribution < -0.4 is 10.1 Å². The zero-order valence-electron chi connectivity index (χ0n) is 17.0. The normalized spacial score (nSPS) is 13.4. The summed E-state index contributed by atoms with van der Waals surface area (Å²) in [7, 11) is 0. The summed E-state index contributed by atoms with van der Waals surface area (Å²) in [5, 5.41) is 3.08. The number of rotatable bonds is 6. The van der Waals surface area contributed by atoms with Crippen molar-refractivity contribution in [3.05, 3.63) is 64.2 Å². The lowest BCUT2D eigenvalue weighted by atomic mass is 10.00. The van der Waals surface area contributed by atoms with Gasteiger partial charge in [-0.2, -0.15) is 0 Å². The van der Waals surface area contributed by atoms with Crippen molar-refractivity contribution in [2.75, 3.05) is 0 Å². The highest BCUT2D eigenvalue weighted by molar-refractivity contribution is 5.81. The van der Waals surface area contributed by atoms with E-state index in [0.29, 0.717) is 5.92 Å². The van der Waals surface area contributed by atoms with Gasteiger partial charge < -0.3 is 10.1 Å². The fourth-order valence-corrected chi connectivity index (χ4v) is 3.18. The summed E-state index contributed by atoms with van der Waals surface area (Å²) in [4.78, 5) is 12.6. The summed E-state index contributed by atoms with van der Waals surface area (Å²) in [6.07, 6.45) is -0.553. The lowest BCUT2D eigenvalue weighted by Crippen LogP contribution is -2.38. The van der Waals surface area contributed by atoms with Gasteiger partial charge in [-0.3, -0.25) is 4.79 Å². The van der Waals surface area contributed by atoms with Crippen molar-refractivity contribution in [3.63, 3.8) is 0 Å². The summed E-state index contributed by atoms with van der Waals surface area (Å²) < 4.78 is 6.02. The maximum absolute atomic E-state index is 12.6. The topological polar surface area (TPSA) is 38.3 Å². The summed E-state index contributed by atoms with van der Waals surface area (Å²) in [5.74, 6) is 1.03. The van der Waals surface area contributed by atoms with Gasteiger partial charge in [-0.05, 0) is 68.9 Å². The van der Waals surface area contributed by atoms with Crippen molar-refractivity contribution in [1.82, 2.24) is 5.32 Å². The molecule has 2 aromatic rings. The summed E-state index contributed by atoms with van der Waals surface area (Å²) in [6.45, 7) is 14.3. The van der Waals surface area contributed by atoms with E-state index < -0.39 is 6.10 Å². The van der Waals surface area contributed by atoms with Crippen LogP contribution >= 0.6 is 0 Å². The van der Waals surface area contributed by atoms with Gasteiger partial charge in [0.05, 0.1) is 6.04 Å². The lowest BCUT2D eigenvalue weighted by Gasteiger charge is -2.22. The van der Waals surface area contributed by atoms with Crippen LogP contribution in [0.1, 0.15) is 67.5 Å². The van der Waals surface area contributed by atoms with Crippen LogP contribution in [0, 0.1) is 20.8 Å². The first-order chi connectivity index (χ1) is 12.2. The smallest absolute Gasteiger partial charge is 0.261 e. The molecular weight excluding hydrogens is 322 g/mol. The molecule has 0 aliphatic rings. The molecule has 2 rings (SSSR count). The molecule has 2 aromatic carbocycles. The number of hydrogen-bond acceptors (Lipinski definition) is 2. The molecule has 0 saturated heterocycles. The van der Waals surface area contributed by atoms with Crippen LogP contribution in [0.5, 0.6) is 5.75 Å². The van der Waals surface area contributed by atoms with Gasteiger partial charge in [0.25, 0.3) is 5.91 Å². The number of amides is 1. The third-order valence-electron chi connectivity index (χ3n) is 4.71. The molecule has 0 aromatic heterocycles. The molecule has 140 valence electrons. The highest BCUT2D eigenvalue weighted by Gasteiger charge is 2.20. The molecule has 26 heavy (non-hydrogen) atoms. The SMILES string of the molecule is Cc1ccc([C@@H](C)NC(=O)[C@H](C)Oc2cc(C)ccc2C(C)C)c(C)c1. The first kappa shape index (κ1) is 20.0. The van der Waals surface area contributed by atoms with Crippen LogP contribution in [0.3, 0.4) is 0 Å². The summed E-state index contributed by atoms with van der Waals surface area (Å²) in [5.41, 5.74) is 5.79. The minimum atomic E-state index is -0.553. The van der Waals surface area contributed by atoms with Gasteiger partial charge in [-0.25, -0.2) is 0 Å². The van der Waals surface area contributed by atoms with Crippen LogP contribution in [-0.2, 0) is 4.79 Å². The van der Waals surface area contributed by atoms with E-state index in [0.717, 1.165) is 22.4 Å². The highest BCUT2D eigenvalue weighted by Crippen LogP contribution is 2.28. The van der Waals surface area contributed by atoms with Crippen molar-refractivity contribution in [2.24, 2.45) is 0 Å². The molecule has 0 bridgehead atoms. The Morgan fingerprint density at radius 2 is 1.46 bits per heavy atom. The summed E-state index contributed by atoms with van der Waals surface area (Å²) in [6, 6.07) is 12.4. The average Bonchev–Trinajstić information content (AvgIpc) is 2.54. The van der Waals surface area contributed by atoms with E-state index in [1.54, 1.807) is 6.92 Å². The third-order valence-corrected chi connectivity index (χ3v) is 4.71. The van der Waals surface area contributed by atoms with E-state index >= 15 is 0 Å². The second-order valence-electron chi connectivity index (χ2n) is 7.55. The fraction of sp³-hybridized carbons (Fsp3) is 0.435. The Kier molecular flexibility index (Phi) is 6.47. The molecule has 0 fully saturated rings. The van der Waals surface area contributed by atoms with Gasteiger partial charge in [-0.15, -0.1) is 0 Å². The monoisotopic (exact) mass is 353 g/mol. The van der Waals surface area contributed by atoms with Crippen molar-refractivity contribution >= 4 is 5.91 Å². The second-order valence-corrected chi connectivity index (χ2v) is 7.55. The Hall–Kier alpha value is -2.29. The number of nitrogens with one attached hydrogen (secondary N) is 1. The average molecular weight is 354 g/mol. The van der Waals surface area contributed by atoms with E-state index in [4.69, 9.17) is 4.74 Å². The van der Waals surface area contributed by atoms with Crippen LogP contribution in [0.15, 0.2) is 36.4 Å². The van der Waals surface area contributed by atoms with Crippen LogP contribution in [-0.4, -0.2) is 12.0 Å². The summed E-state index contributed by atoms with van der Waals surface area (Å²) >= 11 is 0. The molecule has 0 unspecified atom stereocenters. The van der Waals surface area contributed by atoms with Gasteiger partial charge in [0, 0.05) is 0 Å². The van der Waals surface area contributed by atoms with E-state index in [2.05, 4.69) is 63.3 Å². The molecule has 2 atom stereocenters. The number of hydrogen-bond donors (Lipinski definition) is 1. The number of ether oxygens (including phenoxy) is 1. The van der Waals surface area contributed by atoms with E-state index in [9.17, 15) is 4.79 Å². The number of aryl methyl sites for hydroxylation is 3. The van der Waals surface area contributed by atoms with Gasteiger partial charge >= 0.3 is 0 Å². The number of carbonyl (C=O) groups is 1. The molecule has 0 heterocycles. The zero-order chi connectivity index (χ0) is 19.4. The minimum absolute atomic E-state index is 0.0590. The van der Waals surface area contributed by atoms with E-state index in [1.165, 1.54) is 11.1 Å². The minimum Gasteiger partial charge on any atom is -0.481 e. The number of carbonyl (C=O) groups excluding carboxylic acids is 1. The maximum atomic E-state index is 12.6. The quantitative estimate of drug-likeness (QED) is 0.757. The van der Waals surface area contributed by atoms with Crippen molar-refractivity contribution < 1.29 is 9.53 Å². The van der Waals surface area contributed by atoms with Crippen LogP contribution in [0.2, 0.25) is 0 Å². The first-order valence-corrected chi connectivity index (χ1v) is 9.33. The Morgan fingerprint density at radius 3 is 2.04 bits per heavy atom. The van der Waals surface area contributed by atoms with Crippen LogP contribution in [0.25, 0.3) is 0 Å². The zero-order valence-corrected chi connectivity index (χ0v) is 17.0. The van der Waals surface area contributed by atoms with Crippen molar-refractivity contribution in [1.29, 1.82) is 0 Å². The van der Waals surface area contributed by atoms with Gasteiger partial charge in [0.2, 0.25) is 0 Å². The van der Waals surface area contributed by atoms with Crippen molar-refractivity contribution in [2.45, 2.75) is 66.5 Å². The van der Waals surface area contributed by atoms with Gasteiger partial charge in [0.15, 0.2) is 6.10 Å². The van der Waals surface area contributed by atoms with Gasteiger partial charge in [-0.1, -0.05) is 49.7 Å².